The van der Waals surface area contributed by atoms with Crippen LogP contribution in [0.1, 0.15) is 18.4 Å². The molecule has 4 rings (SSSR count). The van der Waals surface area contributed by atoms with Crippen LogP contribution in [-0.2, 0) is 6.54 Å². The molecule has 0 unspecified atom stereocenters. The Morgan fingerprint density at radius 1 is 1.12 bits per heavy atom. The number of aryl methyl sites for hydroxylation is 1. The molecule has 1 N–H and O–H groups in total. The third-order valence-corrected chi connectivity index (χ3v) is 6.25. The van der Waals surface area contributed by atoms with Crippen LogP contribution in [0.5, 0.6) is 5.75 Å². The molecule has 1 aromatic heterocycles. The van der Waals surface area contributed by atoms with E-state index in [2.05, 4.69) is 21.3 Å². The number of nitrogens with zero attached hydrogens (tertiary/aromatic N) is 3. The van der Waals surface area contributed by atoms with Gasteiger partial charge in [0.05, 0.1) is 28.4 Å². The molecule has 2 aromatic carbocycles. The Morgan fingerprint density at radius 3 is 2.58 bits per heavy atom. The Bertz CT molecular complexity index is 1130. The third-order valence-electron chi connectivity index (χ3n) is 5.51. The van der Waals surface area contributed by atoms with Gasteiger partial charge < -0.3 is 24.3 Å². The number of halogens is 2. The molecule has 0 radical (unpaired) electrons. The SMILES string of the molecule is CCOc1cc(N2CCN(C(=O)NCc3ccc(Cl)c(Cl)c3)CC2)ccc1-c1cnc(C)o1. The van der Waals surface area contributed by atoms with Crippen molar-refractivity contribution in [2.24, 2.45) is 0 Å². The predicted molar refractivity (Wildman–Crippen MR) is 130 cm³/mol. The van der Waals surface area contributed by atoms with Gasteiger partial charge in [0, 0.05) is 51.4 Å². The van der Waals surface area contributed by atoms with Gasteiger partial charge in [-0.2, -0.15) is 0 Å². The first-order chi connectivity index (χ1) is 15.9. The predicted octanol–water partition coefficient (Wildman–Crippen LogP) is 5.39. The highest BCUT2D eigenvalue weighted by Crippen LogP contribution is 2.34. The van der Waals surface area contributed by atoms with E-state index in [0.717, 1.165) is 35.7 Å². The van der Waals surface area contributed by atoms with Gasteiger partial charge in [-0.15, -0.1) is 0 Å². The van der Waals surface area contributed by atoms with Gasteiger partial charge in [-0.05, 0) is 36.8 Å². The van der Waals surface area contributed by atoms with Crippen molar-refractivity contribution in [3.63, 3.8) is 0 Å². The number of aromatic nitrogens is 1. The van der Waals surface area contributed by atoms with Crippen LogP contribution in [-0.4, -0.2) is 48.7 Å². The lowest BCUT2D eigenvalue weighted by molar-refractivity contribution is 0.194. The Kier molecular flexibility index (Phi) is 7.30. The summed E-state index contributed by atoms with van der Waals surface area (Å²) in [6.07, 6.45) is 1.71. The molecule has 2 amide bonds. The van der Waals surface area contributed by atoms with Gasteiger partial charge in [0.15, 0.2) is 11.7 Å². The lowest BCUT2D eigenvalue weighted by Gasteiger charge is -2.36. The number of carbonyl (C=O) groups is 1. The summed E-state index contributed by atoms with van der Waals surface area (Å²) in [4.78, 5) is 20.9. The summed E-state index contributed by atoms with van der Waals surface area (Å²) < 4.78 is 11.6. The maximum Gasteiger partial charge on any atom is 0.317 e. The second-order valence-corrected chi connectivity index (χ2v) is 8.55. The van der Waals surface area contributed by atoms with Crippen molar-refractivity contribution < 1.29 is 13.9 Å². The minimum Gasteiger partial charge on any atom is -0.493 e. The van der Waals surface area contributed by atoms with Gasteiger partial charge in [0.25, 0.3) is 0 Å². The molecule has 1 aliphatic rings. The highest BCUT2D eigenvalue weighted by molar-refractivity contribution is 6.42. The molecule has 9 heteroatoms. The summed E-state index contributed by atoms with van der Waals surface area (Å²) in [5.41, 5.74) is 2.83. The molecule has 0 aliphatic carbocycles. The number of benzene rings is 2. The van der Waals surface area contributed by atoms with Crippen molar-refractivity contribution in [3.05, 3.63) is 64.1 Å². The Balaban J connectivity index is 1.36. The first-order valence-corrected chi connectivity index (χ1v) is 11.6. The highest BCUT2D eigenvalue weighted by atomic mass is 35.5. The number of oxazole rings is 1. The number of hydrogen-bond acceptors (Lipinski definition) is 5. The monoisotopic (exact) mass is 488 g/mol. The number of ether oxygens (including phenoxy) is 1. The number of urea groups is 1. The number of hydrogen-bond donors (Lipinski definition) is 1. The Labute approximate surface area is 203 Å². The second kappa shape index (κ2) is 10.4. The molecule has 7 nitrogen and oxygen atoms in total. The van der Waals surface area contributed by atoms with E-state index in [1.165, 1.54) is 0 Å². The van der Waals surface area contributed by atoms with E-state index < -0.39 is 0 Å². The number of nitrogens with one attached hydrogen (secondary N) is 1. The molecular formula is C24H26Cl2N4O3. The van der Waals surface area contributed by atoms with Crippen molar-refractivity contribution in [2.75, 3.05) is 37.7 Å². The van der Waals surface area contributed by atoms with Gasteiger partial charge >= 0.3 is 6.03 Å². The summed E-state index contributed by atoms with van der Waals surface area (Å²) >= 11 is 12.0. The molecule has 1 fully saturated rings. The Morgan fingerprint density at radius 2 is 1.91 bits per heavy atom. The van der Waals surface area contributed by atoms with Crippen LogP contribution in [0.15, 0.2) is 47.0 Å². The summed E-state index contributed by atoms with van der Waals surface area (Å²) in [6.45, 7) is 7.43. The van der Waals surface area contributed by atoms with E-state index in [4.69, 9.17) is 32.4 Å². The van der Waals surface area contributed by atoms with E-state index in [1.54, 1.807) is 18.3 Å². The van der Waals surface area contributed by atoms with Gasteiger partial charge in [0.2, 0.25) is 0 Å². The zero-order chi connectivity index (χ0) is 23.4. The van der Waals surface area contributed by atoms with Gasteiger partial charge in [-0.3, -0.25) is 0 Å². The van der Waals surface area contributed by atoms with Gasteiger partial charge in [-0.25, -0.2) is 9.78 Å². The number of anilines is 1. The van der Waals surface area contributed by atoms with Crippen molar-refractivity contribution in [1.29, 1.82) is 0 Å². The maximum absolute atomic E-state index is 12.6. The third kappa shape index (κ3) is 5.54. The quantitative estimate of drug-likeness (QED) is 0.503. The molecule has 33 heavy (non-hydrogen) atoms. The van der Waals surface area contributed by atoms with E-state index in [-0.39, 0.29) is 6.03 Å². The average Bonchev–Trinajstić information content (AvgIpc) is 3.26. The fourth-order valence-electron chi connectivity index (χ4n) is 3.78. The first-order valence-electron chi connectivity index (χ1n) is 10.9. The molecule has 3 aromatic rings. The van der Waals surface area contributed by atoms with Gasteiger partial charge in [0.1, 0.15) is 5.75 Å². The number of amides is 2. The van der Waals surface area contributed by atoms with Crippen molar-refractivity contribution >= 4 is 34.9 Å². The fourth-order valence-corrected chi connectivity index (χ4v) is 4.10. The van der Waals surface area contributed by atoms with Crippen LogP contribution in [0.2, 0.25) is 10.0 Å². The van der Waals surface area contributed by atoms with Crippen molar-refractivity contribution in [1.82, 2.24) is 15.2 Å². The van der Waals surface area contributed by atoms with Crippen LogP contribution >= 0.6 is 23.2 Å². The molecule has 1 aliphatic heterocycles. The summed E-state index contributed by atoms with van der Waals surface area (Å²) in [5.74, 6) is 2.06. The topological polar surface area (TPSA) is 70.8 Å². The summed E-state index contributed by atoms with van der Waals surface area (Å²) in [6, 6.07) is 11.3. The number of carbonyl (C=O) groups excluding carboxylic acids is 1. The van der Waals surface area contributed by atoms with Crippen molar-refractivity contribution in [3.8, 4) is 17.1 Å². The minimum absolute atomic E-state index is 0.0910. The number of rotatable bonds is 6. The zero-order valence-corrected chi connectivity index (χ0v) is 20.1. The summed E-state index contributed by atoms with van der Waals surface area (Å²) in [7, 11) is 0. The molecule has 0 atom stereocenters. The van der Waals surface area contributed by atoms with E-state index >= 15 is 0 Å². The molecule has 2 heterocycles. The minimum atomic E-state index is -0.0910. The molecule has 174 valence electrons. The second-order valence-electron chi connectivity index (χ2n) is 7.74. The molecule has 1 saturated heterocycles. The first kappa shape index (κ1) is 23.3. The lowest BCUT2D eigenvalue weighted by Crippen LogP contribution is -2.51. The van der Waals surface area contributed by atoms with Crippen LogP contribution in [0.25, 0.3) is 11.3 Å². The lowest BCUT2D eigenvalue weighted by atomic mass is 10.1. The van der Waals surface area contributed by atoms with Crippen LogP contribution in [0.4, 0.5) is 10.5 Å². The molecule has 0 bridgehead atoms. The molecular weight excluding hydrogens is 463 g/mol. The van der Waals surface area contributed by atoms with Gasteiger partial charge in [-0.1, -0.05) is 29.3 Å². The molecule has 0 spiro atoms. The van der Waals surface area contributed by atoms with Crippen LogP contribution in [0, 0.1) is 6.92 Å². The van der Waals surface area contributed by atoms with E-state index in [9.17, 15) is 4.79 Å². The zero-order valence-electron chi connectivity index (χ0n) is 18.6. The molecule has 0 saturated carbocycles. The summed E-state index contributed by atoms with van der Waals surface area (Å²) in [5, 5.41) is 3.93. The Hall–Kier alpha value is -2.90. The standard InChI is InChI=1S/C24H26Cl2N4O3/c1-3-32-22-13-18(5-6-19(22)23-15-27-16(2)33-23)29-8-10-30(11-9-29)24(31)28-14-17-4-7-20(25)21(26)12-17/h4-7,12-13,15H,3,8-11,14H2,1-2H3,(H,28,31). The van der Waals surface area contributed by atoms with Crippen LogP contribution in [0.3, 0.4) is 0 Å². The normalized spacial score (nSPS) is 13.8. The highest BCUT2D eigenvalue weighted by Gasteiger charge is 2.22. The van der Waals surface area contributed by atoms with E-state index in [0.29, 0.717) is 47.9 Å². The largest absolute Gasteiger partial charge is 0.493 e. The maximum atomic E-state index is 12.6. The number of piperazine rings is 1. The smallest absolute Gasteiger partial charge is 0.317 e. The van der Waals surface area contributed by atoms with E-state index in [1.807, 2.05) is 36.9 Å². The fraction of sp³-hybridized carbons (Fsp3) is 0.333. The van der Waals surface area contributed by atoms with Crippen molar-refractivity contribution in [2.45, 2.75) is 20.4 Å². The average molecular weight is 489 g/mol. The van der Waals surface area contributed by atoms with Crippen LogP contribution < -0.4 is 15.0 Å².